The van der Waals surface area contributed by atoms with E-state index in [1.54, 1.807) is 12.1 Å². The predicted octanol–water partition coefficient (Wildman–Crippen LogP) is 3.70. The first-order valence-electron chi connectivity index (χ1n) is 8.08. The molecule has 2 aromatic rings. The average Bonchev–Trinajstić information content (AvgIpc) is 2.60. The topological polar surface area (TPSA) is 80.2 Å². The lowest BCUT2D eigenvalue weighted by molar-refractivity contribution is -0.123. The van der Waals surface area contributed by atoms with Crippen LogP contribution in [0.4, 0.5) is 0 Å². The zero-order chi connectivity index (χ0) is 19.1. The SMILES string of the molecule is CCOc1cc(/C=N\NC(=O)COc2ccc(C)c(C)c2)cc(Br)c1O. The Kier molecular flexibility index (Phi) is 7.03. The van der Waals surface area contributed by atoms with Gasteiger partial charge in [0.05, 0.1) is 17.3 Å². The summed E-state index contributed by atoms with van der Waals surface area (Å²) in [5.41, 5.74) is 5.33. The molecule has 0 aromatic heterocycles. The van der Waals surface area contributed by atoms with Crippen molar-refractivity contribution in [1.82, 2.24) is 5.43 Å². The van der Waals surface area contributed by atoms with E-state index in [0.29, 0.717) is 28.1 Å². The van der Waals surface area contributed by atoms with Crippen LogP contribution in [0.15, 0.2) is 39.9 Å². The third kappa shape index (κ3) is 5.49. The predicted molar refractivity (Wildman–Crippen MR) is 104 cm³/mol. The van der Waals surface area contributed by atoms with E-state index in [1.165, 1.54) is 6.21 Å². The minimum Gasteiger partial charge on any atom is -0.503 e. The minimum atomic E-state index is -0.373. The molecule has 0 aliphatic heterocycles. The van der Waals surface area contributed by atoms with Gasteiger partial charge in [0, 0.05) is 0 Å². The quantitative estimate of drug-likeness (QED) is 0.528. The molecule has 2 aromatic carbocycles. The first kappa shape index (κ1) is 19.8. The van der Waals surface area contributed by atoms with Crippen molar-refractivity contribution in [3.05, 3.63) is 51.5 Å². The summed E-state index contributed by atoms with van der Waals surface area (Å²) in [6.07, 6.45) is 1.46. The zero-order valence-electron chi connectivity index (χ0n) is 14.9. The van der Waals surface area contributed by atoms with Crippen molar-refractivity contribution in [3.8, 4) is 17.2 Å². The van der Waals surface area contributed by atoms with Gasteiger partial charge in [-0.25, -0.2) is 5.43 Å². The number of nitrogens with one attached hydrogen (secondary N) is 1. The number of benzene rings is 2. The molecule has 26 heavy (non-hydrogen) atoms. The van der Waals surface area contributed by atoms with Gasteiger partial charge in [0.15, 0.2) is 18.1 Å². The van der Waals surface area contributed by atoms with E-state index in [1.807, 2.05) is 39.0 Å². The second-order valence-electron chi connectivity index (χ2n) is 5.61. The number of amides is 1. The Labute approximate surface area is 161 Å². The summed E-state index contributed by atoms with van der Waals surface area (Å²) < 4.78 is 11.3. The van der Waals surface area contributed by atoms with Crippen molar-refractivity contribution in [2.45, 2.75) is 20.8 Å². The molecule has 0 radical (unpaired) electrons. The molecule has 2 N–H and O–H groups in total. The van der Waals surface area contributed by atoms with Crippen molar-refractivity contribution in [2.24, 2.45) is 5.10 Å². The van der Waals surface area contributed by atoms with Crippen LogP contribution in [0.3, 0.4) is 0 Å². The number of hydrogen-bond donors (Lipinski definition) is 2. The number of phenolic OH excluding ortho intramolecular Hbond substituents is 1. The maximum atomic E-state index is 11.8. The van der Waals surface area contributed by atoms with E-state index in [2.05, 4.69) is 26.5 Å². The highest BCUT2D eigenvalue weighted by Gasteiger charge is 2.08. The number of nitrogens with zero attached hydrogens (tertiary/aromatic N) is 1. The smallest absolute Gasteiger partial charge is 0.277 e. The molecule has 0 fully saturated rings. The van der Waals surface area contributed by atoms with Crippen LogP contribution in [0.1, 0.15) is 23.6 Å². The molecule has 1 amide bonds. The molecule has 138 valence electrons. The molecule has 0 bridgehead atoms. The Bertz CT molecular complexity index is 821. The third-order valence-electron chi connectivity index (χ3n) is 3.60. The number of ether oxygens (including phenoxy) is 2. The molecule has 0 heterocycles. The lowest BCUT2D eigenvalue weighted by atomic mass is 10.1. The normalized spacial score (nSPS) is 10.8. The molecule has 2 rings (SSSR count). The van der Waals surface area contributed by atoms with Crippen LogP contribution in [0.25, 0.3) is 0 Å². The Morgan fingerprint density at radius 2 is 2.00 bits per heavy atom. The summed E-state index contributed by atoms with van der Waals surface area (Å²) in [6, 6.07) is 8.94. The number of aromatic hydroxyl groups is 1. The molecule has 0 aliphatic rings. The van der Waals surface area contributed by atoms with Crippen LogP contribution in [-0.2, 0) is 4.79 Å². The number of halogens is 1. The molecule has 0 saturated carbocycles. The number of rotatable bonds is 7. The maximum Gasteiger partial charge on any atom is 0.277 e. The van der Waals surface area contributed by atoms with E-state index in [9.17, 15) is 9.90 Å². The van der Waals surface area contributed by atoms with Crippen molar-refractivity contribution in [3.63, 3.8) is 0 Å². The lowest BCUT2D eigenvalue weighted by Crippen LogP contribution is -2.24. The number of phenols is 1. The molecule has 0 spiro atoms. The van der Waals surface area contributed by atoms with Crippen LogP contribution in [0.2, 0.25) is 0 Å². The molecule has 0 aliphatic carbocycles. The molecule has 0 saturated heterocycles. The van der Waals surface area contributed by atoms with Crippen molar-refractivity contribution in [1.29, 1.82) is 0 Å². The fraction of sp³-hybridized carbons (Fsp3) is 0.263. The Morgan fingerprint density at radius 1 is 1.23 bits per heavy atom. The summed E-state index contributed by atoms with van der Waals surface area (Å²) in [7, 11) is 0. The lowest BCUT2D eigenvalue weighted by Gasteiger charge is -2.08. The summed E-state index contributed by atoms with van der Waals surface area (Å²) in [5, 5.41) is 13.8. The van der Waals surface area contributed by atoms with Gasteiger partial charge in [-0.2, -0.15) is 5.10 Å². The van der Waals surface area contributed by atoms with Gasteiger partial charge < -0.3 is 14.6 Å². The highest BCUT2D eigenvalue weighted by Crippen LogP contribution is 2.35. The summed E-state index contributed by atoms with van der Waals surface area (Å²) >= 11 is 3.25. The number of carbonyl (C=O) groups excluding carboxylic acids is 1. The van der Waals surface area contributed by atoms with Crippen LogP contribution >= 0.6 is 15.9 Å². The minimum absolute atomic E-state index is 0.0230. The average molecular weight is 421 g/mol. The fourth-order valence-electron chi connectivity index (χ4n) is 2.10. The van der Waals surface area contributed by atoms with Crippen molar-refractivity contribution < 1.29 is 19.4 Å². The van der Waals surface area contributed by atoms with Gasteiger partial charge in [0.25, 0.3) is 5.91 Å². The van der Waals surface area contributed by atoms with Gasteiger partial charge in [-0.05, 0) is 77.7 Å². The van der Waals surface area contributed by atoms with Crippen LogP contribution in [-0.4, -0.2) is 30.4 Å². The number of hydrazone groups is 1. The molecule has 0 unspecified atom stereocenters. The second kappa shape index (κ2) is 9.24. The largest absolute Gasteiger partial charge is 0.503 e. The number of hydrogen-bond acceptors (Lipinski definition) is 5. The Hall–Kier alpha value is -2.54. The highest BCUT2D eigenvalue weighted by molar-refractivity contribution is 9.10. The van der Waals surface area contributed by atoms with E-state index < -0.39 is 0 Å². The Morgan fingerprint density at radius 3 is 2.69 bits per heavy atom. The molecule has 0 atom stereocenters. The fourth-order valence-corrected chi connectivity index (χ4v) is 2.56. The monoisotopic (exact) mass is 420 g/mol. The highest BCUT2D eigenvalue weighted by atomic mass is 79.9. The third-order valence-corrected chi connectivity index (χ3v) is 4.21. The second-order valence-corrected chi connectivity index (χ2v) is 6.46. The zero-order valence-corrected chi connectivity index (χ0v) is 16.5. The van der Waals surface area contributed by atoms with E-state index in [4.69, 9.17) is 9.47 Å². The van der Waals surface area contributed by atoms with Gasteiger partial charge in [-0.3, -0.25) is 4.79 Å². The van der Waals surface area contributed by atoms with Gasteiger partial charge in [0.1, 0.15) is 5.75 Å². The first-order valence-corrected chi connectivity index (χ1v) is 8.87. The van der Waals surface area contributed by atoms with Gasteiger partial charge in [-0.1, -0.05) is 6.07 Å². The van der Waals surface area contributed by atoms with Gasteiger partial charge >= 0.3 is 0 Å². The van der Waals surface area contributed by atoms with E-state index >= 15 is 0 Å². The Balaban J connectivity index is 1.91. The standard InChI is InChI=1S/C19H21BrN2O4/c1-4-25-17-9-14(8-16(20)19(17)24)10-21-22-18(23)11-26-15-6-5-12(2)13(3)7-15/h5-10,24H,4,11H2,1-3H3,(H,22,23)/b21-10-. The van der Waals surface area contributed by atoms with Crippen molar-refractivity contribution >= 4 is 28.1 Å². The summed E-state index contributed by atoms with van der Waals surface area (Å²) in [5.74, 6) is 0.626. The van der Waals surface area contributed by atoms with E-state index in [-0.39, 0.29) is 18.3 Å². The first-order chi connectivity index (χ1) is 12.4. The molecule has 6 nitrogen and oxygen atoms in total. The molecular weight excluding hydrogens is 400 g/mol. The summed E-state index contributed by atoms with van der Waals surface area (Å²) in [6.45, 7) is 6.11. The van der Waals surface area contributed by atoms with Gasteiger partial charge in [-0.15, -0.1) is 0 Å². The van der Waals surface area contributed by atoms with E-state index in [0.717, 1.165) is 11.1 Å². The number of carbonyl (C=O) groups is 1. The maximum absolute atomic E-state index is 11.8. The van der Waals surface area contributed by atoms with Crippen LogP contribution in [0.5, 0.6) is 17.2 Å². The molecular formula is C19H21BrN2O4. The number of aryl methyl sites for hydroxylation is 2. The summed E-state index contributed by atoms with van der Waals surface area (Å²) in [4.78, 5) is 11.8. The van der Waals surface area contributed by atoms with Crippen molar-refractivity contribution in [2.75, 3.05) is 13.2 Å². The molecule has 7 heteroatoms. The van der Waals surface area contributed by atoms with Gasteiger partial charge in [0.2, 0.25) is 0 Å². The van der Waals surface area contributed by atoms with Crippen LogP contribution < -0.4 is 14.9 Å². The van der Waals surface area contributed by atoms with Crippen LogP contribution in [0, 0.1) is 13.8 Å².